The molecule has 0 amide bonds. The SMILES string of the molecule is CCCc1nc(Cn2cnc(Cl)c(Cl)c2=O)cs1. The van der Waals surface area contributed by atoms with Gasteiger partial charge in [-0.1, -0.05) is 30.1 Å². The van der Waals surface area contributed by atoms with Crippen LogP contribution in [-0.4, -0.2) is 14.5 Å². The van der Waals surface area contributed by atoms with E-state index in [2.05, 4.69) is 16.9 Å². The van der Waals surface area contributed by atoms with Crippen molar-refractivity contribution >= 4 is 34.5 Å². The molecule has 0 radical (unpaired) electrons. The number of hydrogen-bond donors (Lipinski definition) is 0. The molecule has 2 heterocycles. The summed E-state index contributed by atoms with van der Waals surface area (Å²) >= 11 is 13.0. The van der Waals surface area contributed by atoms with Crippen molar-refractivity contribution in [1.29, 1.82) is 0 Å². The molecule has 4 nitrogen and oxygen atoms in total. The molecule has 0 atom stereocenters. The second-order valence-corrected chi connectivity index (χ2v) is 5.44. The van der Waals surface area contributed by atoms with Gasteiger partial charge in [-0.15, -0.1) is 11.3 Å². The Labute approximate surface area is 118 Å². The molecule has 0 aromatic carbocycles. The lowest BCUT2D eigenvalue weighted by Crippen LogP contribution is -2.21. The first-order valence-electron chi connectivity index (χ1n) is 5.45. The van der Waals surface area contributed by atoms with E-state index in [1.807, 2.05) is 5.38 Å². The third-order valence-corrected chi connectivity index (χ3v) is 4.02. The molecule has 7 heteroatoms. The number of aryl methyl sites for hydroxylation is 1. The van der Waals surface area contributed by atoms with Crippen molar-refractivity contribution in [3.8, 4) is 0 Å². The van der Waals surface area contributed by atoms with Gasteiger partial charge in [0.25, 0.3) is 5.56 Å². The maximum atomic E-state index is 11.8. The molecule has 18 heavy (non-hydrogen) atoms. The number of halogens is 2. The zero-order valence-electron chi connectivity index (χ0n) is 9.69. The lowest BCUT2D eigenvalue weighted by Gasteiger charge is -2.03. The molecule has 0 N–H and O–H groups in total. The lowest BCUT2D eigenvalue weighted by molar-refractivity contribution is 0.719. The molecule has 0 spiro atoms. The Morgan fingerprint density at radius 1 is 1.44 bits per heavy atom. The first kappa shape index (κ1) is 13.5. The normalized spacial score (nSPS) is 10.8. The van der Waals surface area contributed by atoms with Crippen molar-refractivity contribution in [3.05, 3.63) is 42.9 Å². The van der Waals surface area contributed by atoms with Crippen molar-refractivity contribution in [2.45, 2.75) is 26.3 Å². The topological polar surface area (TPSA) is 47.8 Å². The molecule has 0 aliphatic heterocycles. The predicted molar refractivity (Wildman–Crippen MR) is 73.7 cm³/mol. The second kappa shape index (κ2) is 5.82. The molecule has 0 aliphatic carbocycles. The van der Waals surface area contributed by atoms with E-state index >= 15 is 0 Å². The molecular weight excluding hydrogens is 293 g/mol. The van der Waals surface area contributed by atoms with Gasteiger partial charge in [0.2, 0.25) is 0 Å². The van der Waals surface area contributed by atoms with Gasteiger partial charge in [0.05, 0.1) is 23.6 Å². The molecule has 2 rings (SSSR count). The zero-order chi connectivity index (χ0) is 13.1. The highest BCUT2D eigenvalue weighted by Gasteiger charge is 2.09. The molecule has 0 unspecified atom stereocenters. The Bertz CT molecular complexity index is 609. The highest BCUT2D eigenvalue weighted by atomic mass is 35.5. The Morgan fingerprint density at radius 2 is 2.22 bits per heavy atom. The molecular formula is C11H11Cl2N3OS. The fraction of sp³-hybridized carbons (Fsp3) is 0.364. The number of aromatic nitrogens is 3. The van der Waals surface area contributed by atoms with Crippen LogP contribution in [0.2, 0.25) is 10.2 Å². The standard InChI is InChI=1S/C11H11Cl2N3OS/c1-2-3-8-15-7(5-18-8)4-16-6-14-10(13)9(12)11(16)17/h5-6H,2-4H2,1H3. The molecule has 0 bridgehead atoms. The Balaban J connectivity index is 2.23. The first-order chi connectivity index (χ1) is 8.61. The molecule has 0 fully saturated rings. The summed E-state index contributed by atoms with van der Waals surface area (Å²) in [5.74, 6) is 0. The van der Waals surface area contributed by atoms with E-state index < -0.39 is 0 Å². The Kier molecular flexibility index (Phi) is 4.37. The van der Waals surface area contributed by atoms with Crippen LogP contribution in [0.5, 0.6) is 0 Å². The highest BCUT2D eigenvalue weighted by molar-refractivity contribution is 7.09. The average Bonchev–Trinajstić information content (AvgIpc) is 2.78. The van der Waals surface area contributed by atoms with Crippen LogP contribution in [0.15, 0.2) is 16.5 Å². The molecule has 96 valence electrons. The van der Waals surface area contributed by atoms with E-state index in [0.29, 0.717) is 6.54 Å². The van der Waals surface area contributed by atoms with Crippen molar-refractivity contribution < 1.29 is 0 Å². The average molecular weight is 304 g/mol. The van der Waals surface area contributed by atoms with Gasteiger partial charge in [0, 0.05) is 5.38 Å². The molecule has 0 saturated heterocycles. The van der Waals surface area contributed by atoms with E-state index in [1.54, 1.807) is 11.3 Å². The van der Waals surface area contributed by atoms with Gasteiger partial charge in [-0.2, -0.15) is 0 Å². The van der Waals surface area contributed by atoms with Crippen molar-refractivity contribution in [1.82, 2.24) is 14.5 Å². The van der Waals surface area contributed by atoms with Gasteiger partial charge in [-0.05, 0) is 12.8 Å². The molecule has 0 saturated carbocycles. The highest BCUT2D eigenvalue weighted by Crippen LogP contribution is 2.15. The van der Waals surface area contributed by atoms with Gasteiger partial charge in [-0.3, -0.25) is 9.36 Å². The van der Waals surface area contributed by atoms with E-state index in [-0.39, 0.29) is 15.7 Å². The minimum Gasteiger partial charge on any atom is -0.292 e. The summed E-state index contributed by atoms with van der Waals surface area (Å²) < 4.78 is 1.40. The van der Waals surface area contributed by atoms with Crippen LogP contribution in [0, 0.1) is 0 Å². The quantitative estimate of drug-likeness (QED) is 0.816. The van der Waals surface area contributed by atoms with E-state index in [4.69, 9.17) is 23.2 Å². The van der Waals surface area contributed by atoms with Crippen LogP contribution in [0.3, 0.4) is 0 Å². The third kappa shape index (κ3) is 2.91. The first-order valence-corrected chi connectivity index (χ1v) is 7.09. The number of thiazole rings is 1. The van der Waals surface area contributed by atoms with Crippen molar-refractivity contribution in [3.63, 3.8) is 0 Å². The number of rotatable bonds is 4. The molecule has 2 aromatic rings. The summed E-state index contributed by atoms with van der Waals surface area (Å²) in [5, 5.41) is 3.00. The van der Waals surface area contributed by atoms with Gasteiger partial charge in [0.15, 0.2) is 5.15 Å². The summed E-state index contributed by atoms with van der Waals surface area (Å²) in [5.41, 5.74) is 0.493. The van der Waals surface area contributed by atoms with E-state index in [1.165, 1.54) is 10.9 Å². The molecule has 2 aromatic heterocycles. The maximum Gasteiger partial charge on any atom is 0.274 e. The monoisotopic (exact) mass is 303 g/mol. The van der Waals surface area contributed by atoms with Crippen LogP contribution >= 0.6 is 34.5 Å². The fourth-order valence-electron chi connectivity index (χ4n) is 1.48. The van der Waals surface area contributed by atoms with Gasteiger partial charge in [-0.25, -0.2) is 9.97 Å². The summed E-state index contributed by atoms with van der Waals surface area (Å²) in [6.45, 7) is 2.47. The number of hydrogen-bond acceptors (Lipinski definition) is 4. The van der Waals surface area contributed by atoms with Crippen LogP contribution in [-0.2, 0) is 13.0 Å². The maximum absolute atomic E-state index is 11.8. The lowest BCUT2D eigenvalue weighted by atomic mass is 10.3. The largest absolute Gasteiger partial charge is 0.292 e. The minimum atomic E-state index is -0.346. The molecule has 0 aliphatic rings. The minimum absolute atomic E-state index is 0.0304. The summed E-state index contributed by atoms with van der Waals surface area (Å²) in [6, 6.07) is 0. The van der Waals surface area contributed by atoms with Crippen LogP contribution < -0.4 is 5.56 Å². The third-order valence-electron chi connectivity index (χ3n) is 2.34. The Morgan fingerprint density at radius 3 is 2.94 bits per heavy atom. The smallest absolute Gasteiger partial charge is 0.274 e. The summed E-state index contributed by atoms with van der Waals surface area (Å²) in [7, 11) is 0. The second-order valence-electron chi connectivity index (χ2n) is 3.76. The van der Waals surface area contributed by atoms with Gasteiger partial charge >= 0.3 is 0 Å². The van der Waals surface area contributed by atoms with E-state index in [0.717, 1.165) is 23.5 Å². The van der Waals surface area contributed by atoms with Gasteiger partial charge < -0.3 is 0 Å². The predicted octanol–water partition coefficient (Wildman–Crippen LogP) is 3.01. The van der Waals surface area contributed by atoms with Crippen LogP contribution in [0.25, 0.3) is 0 Å². The zero-order valence-corrected chi connectivity index (χ0v) is 12.0. The van der Waals surface area contributed by atoms with E-state index in [9.17, 15) is 4.79 Å². The van der Waals surface area contributed by atoms with Crippen LogP contribution in [0.4, 0.5) is 0 Å². The van der Waals surface area contributed by atoms with Gasteiger partial charge in [0.1, 0.15) is 5.02 Å². The number of nitrogens with zero attached hydrogens (tertiary/aromatic N) is 3. The van der Waals surface area contributed by atoms with Crippen molar-refractivity contribution in [2.24, 2.45) is 0 Å². The van der Waals surface area contributed by atoms with Crippen LogP contribution in [0.1, 0.15) is 24.0 Å². The van der Waals surface area contributed by atoms with Crippen molar-refractivity contribution in [2.75, 3.05) is 0 Å². The fourth-order valence-corrected chi connectivity index (χ4v) is 2.65. The Hall–Kier alpha value is -0.910. The summed E-state index contributed by atoms with van der Waals surface area (Å²) in [6.07, 6.45) is 3.40. The summed E-state index contributed by atoms with van der Waals surface area (Å²) in [4.78, 5) is 20.1.